The fourth-order valence-electron chi connectivity index (χ4n) is 2.36. The number of carbonyl (C=O) groups is 1. The molecule has 0 aliphatic heterocycles. The van der Waals surface area contributed by atoms with E-state index in [4.69, 9.17) is 10.00 Å². The van der Waals surface area contributed by atoms with Crippen molar-refractivity contribution in [2.75, 3.05) is 12.4 Å². The molecule has 8 heteroatoms. The van der Waals surface area contributed by atoms with Crippen molar-refractivity contribution < 1.29 is 9.53 Å². The molecule has 0 unspecified atom stereocenters. The summed E-state index contributed by atoms with van der Waals surface area (Å²) >= 11 is 1.27. The molecule has 7 nitrogen and oxygen atoms in total. The molecule has 3 aromatic heterocycles. The summed E-state index contributed by atoms with van der Waals surface area (Å²) in [5, 5.41) is 11.7. The van der Waals surface area contributed by atoms with E-state index in [-0.39, 0.29) is 5.91 Å². The summed E-state index contributed by atoms with van der Waals surface area (Å²) in [6.45, 7) is 1.80. The maximum absolute atomic E-state index is 12.7. The Morgan fingerprint density at radius 2 is 2.12 bits per heavy atom. The van der Waals surface area contributed by atoms with Crippen molar-refractivity contribution in [3.05, 3.63) is 64.1 Å². The third-order valence-corrected chi connectivity index (χ3v) is 4.59. The van der Waals surface area contributed by atoms with Gasteiger partial charge in [-0.25, -0.2) is 4.98 Å². The summed E-state index contributed by atoms with van der Waals surface area (Å²) in [5.41, 5.74) is 3.05. The number of nitrogens with zero attached hydrogens (tertiary/aromatic N) is 4. The highest BCUT2D eigenvalue weighted by Gasteiger charge is 2.19. The van der Waals surface area contributed by atoms with Crippen LogP contribution in [0.5, 0.6) is 5.88 Å². The molecule has 3 rings (SSSR count). The number of rotatable bonds is 5. The smallest absolute Gasteiger partial charge is 0.258 e. The fourth-order valence-corrected chi connectivity index (χ4v) is 3.24. The molecule has 130 valence electrons. The number of methoxy groups -OCH3 is 1. The molecule has 0 spiro atoms. The third kappa shape index (κ3) is 3.84. The van der Waals surface area contributed by atoms with Crippen LogP contribution < -0.4 is 10.1 Å². The van der Waals surface area contributed by atoms with Gasteiger partial charge in [0.1, 0.15) is 6.07 Å². The van der Waals surface area contributed by atoms with Crippen molar-refractivity contribution in [1.29, 1.82) is 5.26 Å². The summed E-state index contributed by atoms with van der Waals surface area (Å²) in [6, 6.07) is 8.92. The second-order valence-electron chi connectivity index (χ2n) is 5.44. The Kier molecular flexibility index (Phi) is 5.20. The van der Waals surface area contributed by atoms with Crippen LogP contribution in [-0.4, -0.2) is 27.4 Å². The highest BCUT2D eigenvalue weighted by molar-refractivity contribution is 7.06. The second-order valence-corrected chi connectivity index (χ2v) is 6.29. The van der Waals surface area contributed by atoms with Gasteiger partial charge in [-0.15, -0.1) is 0 Å². The van der Waals surface area contributed by atoms with E-state index in [1.54, 1.807) is 31.2 Å². The van der Waals surface area contributed by atoms with Crippen LogP contribution >= 0.6 is 11.5 Å². The number of anilines is 1. The van der Waals surface area contributed by atoms with Gasteiger partial charge in [-0.1, -0.05) is 0 Å². The minimum atomic E-state index is -0.244. The Labute approximate surface area is 154 Å². The quantitative estimate of drug-likeness (QED) is 0.746. The molecular weight excluding hydrogens is 350 g/mol. The number of ether oxygens (including phenoxy) is 1. The summed E-state index contributed by atoms with van der Waals surface area (Å²) in [5.74, 6) is 0.232. The van der Waals surface area contributed by atoms with Gasteiger partial charge in [0.15, 0.2) is 0 Å². The zero-order chi connectivity index (χ0) is 18.5. The molecule has 0 radical (unpaired) electrons. The van der Waals surface area contributed by atoms with Crippen LogP contribution in [0.4, 0.5) is 5.69 Å². The van der Waals surface area contributed by atoms with Crippen molar-refractivity contribution in [1.82, 2.24) is 14.3 Å². The van der Waals surface area contributed by atoms with Crippen LogP contribution in [0, 0.1) is 18.3 Å². The van der Waals surface area contributed by atoms with E-state index >= 15 is 0 Å². The molecule has 0 saturated heterocycles. The Balaban J connectivity index is 1.79. The number of nitriles is 1. The largest absolute Gasteiger partial charge is 0.481 e. The summed E-state index contributed by atoms with van der Waals surface area (Å²) in [6.07, 6.45) is 3.53. The molecule has 1 amide bonds. The number of amides is 1. The van der Waals surface area contributed by atoms with Crippen molar-refractivity contribution in [3.63, 3.8) is 0 Å². The van der Waals surface area contributed by atoms with E-state index in [2.05, 4.69) is 19.7 Å². The monoisotopic (exact) mass is 365 g/mol. The van der Waals surface area contributed by atoms with Gasteiger partial charge in [-0.05, 0) is 36.7 Å². The second kappa shape index (κ2) is 7.72. The SMILES string of the molecule is COc1ccc(NC(=O)c2c(C)nsc2Cc2ccc(C#N)cn2)cn1. The number of pyridine rings is 2. The van der Waals surface area contributed by atoms with Gasteiger partial charge in [0.2, 0.25) is 5.88 Å². The molecule has 0 fully saturated rings. The zero-order valence-electron chi connectivity index (χ0n) is 14.2. The summed E-state index contributed by atoms with van der Waals surface area (Å²) in [7, 11) is 1.53. The minimum absolute atomic E-state index is 0.244. The molecule has 0 aliphatic rings. The van der Waals surface area contributed by atoms with E-state index in [1.165, 1.54) is 31.0 Å². The number of aromatic nitrogens is 3. The Bertz CT molecular complexity index is 959. The average molecular weight is 365 g/mol. The van der Waals surface area contributed by atoms with Crippen LogP contribution in [0.1, 0.15) is 32.2 Å². The van der Waals surface area contributed by atoms with E-state index in [9.17, 15) is 4.79 Å². The minimum Gasteiger partial charge on any atom is -0.481 e. The first-order chi connectivity index (χ1) is 12.6. The molecule has 3 aromatic rings. The normalized spacial score (nSPS) is 10.2. The lowest BCUT2D eigenvalue weighted by molar-refractivity contribution is 0.102. The number of hydrogen-bond donors (Lipinski definition) is 1. The predicted octanol–water partition coefficient (Wildman–Crippen LogP) is 2.96. The fraction of sp³-hybridized carbons (Fsp3) is 0.167. The van der Waals surface area contributed by atoms with Crippen molar-refractivity contribution in [3.8, 4) is 11.9 Å². The Morgan fingerprint density at radius 3 is 2.73 bits per heavy atom. The number of hydrogen-bond acceptors (Lipinski definition) is 7. The molecule has 0 atom stereocenters. The van der Waals surface area contributed by atoms with Crippen LogP contribution in [-0.2, 0) is 6.42 Å². The number of nitrogens with one attached hydrogen (secondary N) is 1. The van der Waals surface area contributed by atoms with E-state index in [1.807, 2.05) is 6.07 Å². The van der Waals surface area contributed by atoms with E-state index in [0.717, 1.165) is 10.6 Å². The molecule has 0 aromatic carbocycles. The van der Waals surface area contributed by atoms with Gasteiger partial charge in [-0.3, -0.25) is 9.78 Å². The summed E-state index contributed by atoms with van der Waals surface area (Å²) < 4.78 is 9.31. The zero-order valence-corrected chi connectivity index (χ0v) is 15.0. The van der Waals surface area contributed by atoms with Crippen molar-refractivity contribution in [2.24, 2.45) is 0 Å². The van der Waals surface area contributed by atoms with Crippen molar-refractivity contribution >= 4 is 23.1 Å². The lowest BCUT2D eigenvalue weighted by Gasteiger charge is -2.07. The number of carbonyl (C=O) groups excluding carboxylic acids is 1. The van der Waals surface area contributed by atoms with Crippen LogP contribution in [0.3, 0.4) is 0 Å². The van der Waals surface area contributed by atoms with Crippen LogP contribution in [0.15, 0.2) is 36.7 Å². The third-order valence-electron chi connectivity index (χ3n) is 3.66. The van der Waals surface area contributed by atoms with Gasteiger partial charge in [0.05, 0.1) is 35.8 Å². The van der Waals surface area contributed by atoms with E-state index in [0.29, 0.717) is 34.8 Å². The molecule has 0 saturated carbocycles. The lowest BCUT2D eigenvalue weighted by atomic mass is 10.1. The molecule has 1 N–H and O–H groups in total. The Hall–Kier alpha value is -3.31. The van der Waals surface area contributed by atoms with Crippen LogP contribution in [0.2, 0.25) is 0 Å². The van der Waals surface area contributed by atoms with Gasteiger partial charge in [-0.2, -0.15) is 9.64 Å². The first kappa shape index (κ1) is 17.5. The molecule has 3 heterocycles. The highest BCUT2D eigenvalue weighted by Crippen LogP contribution is 2.23. The van der Waals surface area contributed by atoms with Gasteiger partial charge < -0.3 is 10.1 Å². The van der Waals surface area contributed by atoms with Gasteiger partial charge >= 0.3 is 0 Å². The topological polar surface area (TPSA) is 101 Å². The van der Waals surface area contributed by atoms with Crippen LogP contribution in [0.25, 0.3) is 0 Å². The standard InChI is InChI=1S/C18H15N5O2S/c1-11-17(18(24)22-14-5-6-16(25-2)21-10-14)15(26-23-11)7-13-4-3-12(8-19)9-20-13/h3-6,9-10H,7H2,1-2H3,(H,22,24). The lowest BCUT2D eigenvalue weighted by Crippen LogP contribution is -2.14. The number of aryl methyl sites for hydroxylation is 1. The molecule has 0 bridgehead atoms. The predicted molar refractivity (Wildman–Crippen MR) is 97.4 cm³/mol. The molecular formula is C18H15N5O2S. The van der Waals surface area contributed by atoms with E-state index < -0.39 is 0 Å². The van der Waals surface area contributed by atoms with Gasteiger partial charge in [0, 0.05) is 29.3 Å². The highest BCUT2D eigenvalue weighted by atomic mass is 32.1. The van der Waals surface area contributed by atoms with Gasteiger partial charge in [0.25, 0.3) is 5.91 Å². The first-order valence-corrected chi connectivity index (χ1v) is 8.49. The average Bonchev–Trinajstić information content (AvgIpc) is 3.03. The maximum atomic E-state index is 12.7. The first-order valence-electron chi connectivity index (χ1n) is 7.72. The maximum Gasteiger partial charge on any atom is 0.258 e. The molecule has 26 heavy (non-hydrogen) atoms. The Morgan fingerprint density at radius 1 is 1.27 bits per heavy atom. The summed E-state index contributed by atoms with van der Waals surface area (Å²) in [4.78, 5) is 21.8. The van der Waals surface area contributed by atoms with Crippen molar-refractivity contribution in [2.45, 2.75) is 13.3 Å². The molecule has 0 aliphatic carbocycles.